The Bertz CT molecular complexity index is 1280. The minimum Gasteiger partial charge on any atom is -0.379 e. The molecule has 2 N–H and O–H groups in total. The van der Waals surface area contributed by atoms with Crippen LogP contribution < -0.4 is 10.6 Å². The van der Waals surface area contributed by atoms with Gasteiger partial charge in [0.05, 0.1) is 34.0 Å². The number of nitrogens with zero attached hydrogens (tertiary/aromatic N) is 3. The first-order valence-electron chi connectivity index (χ1n) is 11.3. The van der Waals surface area contributed by atoms with Crippen molar-refractivity contribution in [3.05, 3.63) is 35.7 Å². The Labute approximate surface area is 201 Å². The van der Waals surface area contributed by atoms with Gasteiger partial charge in [-0.1, -0.05) is 16.5 Å². The summed E-state index contributed by atoms with van der Waals surface area (Å²) in [6, 6.07) is 6.98. The van der Waals surface area contributed by atoms with Crippen LogP contribution in [0.3, 0.4) is 0 Å². The summed E-state index contributed by atoms with van der Waals surface area (Å²) in [5.74, 6) is 0.353. The lowest BCUT2D eigenvalue weighted by atomic mass is 10.1. The molecule has 12 heteroatoms. The van der Waals surface area contributed by atoms with Crippen LogP contribution >= 0.6 is 11.3 Å². The van der Waals surface area contributed by atoms with Crippen molar-refractivity contribution in [2.75, 3.05) is 38.2 Å². The maximum atomic E-state index is 13.0. The van der Waals surface area contributed by atoms with Crippen LogP contribution in [0.5, 0.6) is 0 Å². The molecular weight excluding hydrogens is 478 g/mol. The summed E-state index contributed by atoms with van der Waals surface area (Å²) in [5, 5.41) is 10.9. The maximum absolute atomic E-state index is 13.0. The van der Waals surface area contributed by atoms with Crippen LogP contribution in [0.25, 0.3) is 10.2 Å². The largest absolute Gasteiger partial charge is 0.379 e. The molecular formula is C22H27N5O5S2. The quantitative estimate of drug-likeness (QED) is 0.502. The molecule has 1 saturated heterocycles. The molecule has 1 amide bonds. The monoisotopic (exact) mass is 505 g/mol. The molecule has 2 fully saturated rings. The van der Waals surface area contributed by atoms with Gasteiger partial charge in [-0.2, -0.15) is 4.31 Å². The molecule has 2 atom stereocenters. The van der Waals surface area contributed by atoms with Gasteiger partial charge < -0.3 is 19.9 Å². The van der Waals surface area contributed by atoms with E-state index in [-0.39, 0.29) is 22.6 Å². The molecule has 0 radical (unpaired) electrons. The third kappa shape index (κ3) is 4.95. The fourth-order valence-corrected chi connectivity index (χ4v) is 6.92. The molecule has 10 nitrogen and oxygen atoms in total. The topological polar surface area (TPSA) is 127 Å². The molecule has 182 valence electrons. The average Bonchev–Trinajstić information content (AvgIpc) is 3.57. The number of amides is 1. The van der Waals surface area contributed by atoms with Gasteiger partial charge in [0.2, 0.25) is 15.8 Å². The number of sulfonamides is 1. The molecule has 1 aliphatic heterocycles. The van der Waals surface area contributed by atoms with Gasteiger partial charge in [0, 0.05) is 31.7 Å². The molecule has 1 saturated carbocycles. The Morgan fingerprint density at radius 1 is 1.24 bits per heavy atom. The van der Waals surface area contributed by atoms with Gasteiger partial charge in [-0.3, -0.25) is 4.79 Å². The summed E-state index contributed by atoms with van der Waals surface area (Å²) >= 11 is 1.46. The lowest BCUT2D eigenvalue weighted by Gasteiger charge is -2.25. The zero-order chi connectivity index (χ0) is 23.7. The van der Waals surface area contributed by atoms with Gasteiger partial charge in [0.1, 0.15) is 0 Å². The van der Waals surface area contributed by atoms with E-state index >= 15 is 0 Å². The van der Waals surface area contributed by atoms with Gasteiger partial charge >= 0.3 is 0 Å². The Morgan fingerprint density at radius 3 is 2.82 bits per heavy atom. The van der Waals surface area contributed by atoms with E-state index in [1.807, 2.05) is 0 Å². The van der Waals surface area contributed by atoms with E-state index in [4.69, 9.17) is 9.26 Å². The fourth-order valence-electron chi connectivity index (χ4n) is 4.42. The number of rotatable bonds is 7. The van der Waals surface area contributed by atoms with E-state index in [1.54, 1.807) is 31.2 Å². The molecule has 34 heavy (non-hydrogen) atoms. The molecule has 0 unspecified atom stereocenters. The summed E-state index contributed by atoms with van der Waals surface area (Å²) < 4.78 is 38.5. The van der Waals surface area contributed by atoms with E-state index in [1.165, 1.54) is 15.6 Å². The minimum atomic E-state index is -3.54. The number of hydrogen-bond acceptors (Lipinski definition) is 9. The van der Waals surface area contributed by atoms with Gasteiger partial charge in [-0.25, -0.2) is 13.4 Å². The van der Waals surface area contributed by atoms with Crippen molar-refractivity contribution in [1.29, 1.82) is 0 Å². The summed E-state index contributed by atoms with van der Waals surface area (Å²) in [6.45, 7) is 3.94. The molecule has 5 rings (SSSR count). The van der Waals surface area contributed by atoms with Crippen molar-refractivity contribution in [3.63, 3.8) is 0 Å². The van der Waals surface area contributed by atoms with E-state index in [0.29, 0.717) is 44.5 Å². The van der Waals surface area contributed by atoms with Gasteiger partial charge in [0.15, 0.2) is 5.13 Å². The minimum absolute atomic E-state index is 0.231. The molecule has 1 aromatic carbocycles. The normalized spacial score (nSPS) is 21.7. The Balaban J connectivity index is 1.19. The Morgan fingerprint density at radius 2 is 2.06 bits per heavy atom. The number of ether oxygens (including phenoxy) is 1. The summed E-state index contributed by atoms with van der Waals surface area (Å²) in [5.41, 5.74) is 1.45. The highest BCUT2D eigenvalue weighted by Gasteiger charge is 2.28. The highest BCUT2D eigenvalue weighted by Crippen LogP contribution is 2.33. The van der Waals surface area contributed by atoms with E-state index in [2.05, 4.69) is 20.8 Å². The van der Waals surface area contributed by atoms with Gasteiger partial charge in [-0.05, 0) is 50.3 Å². The zero-order valence-corrected chi connectivity index (χ0v) is 20.5. The molecule has 2 aromatic heterocycles. The Kier molecular flexibility index (Phi) is 6.56. The van der Waals surface area contributed by atoms with Crippen LogP contribution in [0.15, 0.2) is 33.7 Å². The third-order valence-electron chi connectivity index (χ3n) is 6.24. The number of fused-ring (bicyclic) bond motifs is 1. The highest BCUT2D eigenvalue weighted by molar-refractivity contribution is 7.89. The number of morpholine rings is 1. The van der Waals surface area contributed by atoms with Crippen molar-refractivity contribution in [2.24, 2.45) is 5.92 Å². The fraction of sp³-hybridized carbons (Fsp3) is 0.500. The van der Waals surface area contributed by atoms with Crippen LogP contribution in [0.4, 0.5) is 5.13 Å². The standard InChI is InChI=1S/C22H27N5O5S2/c1-14-10-19(32-26-14)21(28)23-13-15-2-3-16(11-15)24-22-25-18-5-4-17(12-20(18)33-22)34(29,30)27-6-8-31-9-7-27/h4-5,10,12,15-16H,2-3,6-9,11,13H2,1H3,(H,23,28)(H,24,25)/t15-,16+/m1/s1. The van der Waals surface area contributed by atoms with Gasteiger partial charge in [-0.15, -0.1) is 0 Å². The number of carbonyl (C=O) groups is 1. The third-order valence-corrected chi connectivity index (χ3v) is 9.08. The summed E-state index contributed by atoms with van der Waals surface area (Å²) in [7, 11) is -3.54. The molecule has 0 spiro atoms. The van der Waals surface area contributed by atoms with Gasteiger partial charge in [0.25, 0.3) is 5.91 Å². The van der Waals surface area contributed by atoms with Crippen LogP contribution in [-0.2, 0) is 14.8 Å². The molecule has 3 aromatic rings. The Hall–Kier alpha value is -2.54. The SMILES string of the molecule is Cc1cc(C(=O)NC[C@@H]2CC[C@H](Nc3nc4ccc(S(=O)(=O)N5CCOCC5)cc4s3)C2)on1. The second kappa shape index (κ2) is 9.61. The average molecular weight is 506 g/mol. The van der Waals surface area contributed by atoms with E-state index < -0.39 is 10.0 Å². The van der Waals surface area contributed by atoms with E-state index in [0.717, 1.165) is 34.6 Å². The van der Waals surface area contributed by atoms with Crippen LogP contribution in [0.1, 0.15) is 35.5 Å². The highest BCUT2D eigenvalue weighted by atomic mass is 32.2. The van der Waals surface area contributed by atoms with Crippen LogP contribution in [0, 0.1) is 12.8 Å². The summed E-state index contributed by atoms with van der Waals surface area (Å²) in [4.78, 5) is 17.1. The zero-order valence-electron chi connectivity index (χ0n) is 18.8. The summed E-state index contributed by atoms with van der Waals surface area (Å²) in [6.07, 6.45) is 2.90. The number of carbonyl (C=O) groups excluding carboxylic acids is 1. The molecule has 3 heterocycles. The first-order valence-corrected chi connectivity index (χ1v) is 13.6. The number of aryl methyl sites for hydroxylation is 1. The smallest absolute Gasteiger partial charge is 0.289 e. The number of thiazole rings is 1. The molecule has 2 aliphatic rings. The number of hydrogen-bond donors (Lipinski definition) is 2. The van der Waals surface area contributed by atoms with Crippen LogP contribution in [0.2, 0.25) is 0 Å². The predicted molar refractivity (Wildman–Crippen MR) is 128 cm³/mol. The predicted octanol–water partition coefficient (Wildman–Crippen LogP) is 2.62. The first-order chi connectivity index (χ1) is 16.4. The number of aromatic nitrogens is 2. The van der Waals surface area contributed by atoms with Crippen LogP contribution in [-0.4, -0.2) is 67.7 Å². The number of anilines is 1. The van der Waals surface area contributed by atoms with Crippen molar-refractivity contribution in [3.8, 4) is 0 Å². The number of benzene rings is 1. The maximum Gasteiger partial charge on any atom is 0.289 e. The lowest BCUT2D eigenvalue weighted by molar-refractivity contribution is 0.0730. The number of nitrogens with one attached hydrogen (secondary N) is 2. The first kappa shape index (κ1) is 23.2. The molecule has 0 bridgehead atoms. The van der Waals surface area contributed by atoms with Crippen molar-refractivity contribution in [2.45, 2.75) is 37.1 Å². The van der Waals surface area contributed by atoms with Crippen molar-refractivity contribution in [1.82, 2.24) is 19.8 Å². The second-order valence-electron chi connectivity index (χ2n) is 8.73. The van der Waals surface area contributed by atoms with E-state index in [9.17, 15) is 13.2 Å². The van der Waals surface area contributed by atoms with Crippen molar-refractivity contribution >= 4 is 42.6 Å². The molecule has 1 aliphatic carbocycles. The second-order valence-corrected chi connectivity index (χ2v) is 11.7. The van der Waals surface area contributed by atoms with Crippen molar-refractivity contribution < 1.29 is 22.5 Å². The lowest BCUT2D eigenvalue weighted by Crippen LogP contribution is -2.40.